The second kappa shape index (κ2) is 10.5. The van der Waals surface area contributed by atoms with E-state index in [1.54, 1.807) is 12.1 Å². The number of carbonyl (C=O) groups is 1. The van der Waals surface area contributed by atoms with E-state index >= 15 is 0 Å². The predicted molar refractivity (Wildman–Crippen MR) is 123 cm³/mol. The van der Waals surface area contributed by atoms with Crippen molar-refractivity contribution in [3.63, 3.8) is 0 Å². The Hall–Kier alpha value is -3.00. The molecule has 32 heavy (non-hydrogen) atoms. The van der Waals surface area contributed by atoms with Crippen LogP contribution in [0.2, 0.25) is 0 Å². The molecule has 0 saturated carbocycles. The molecule has 0 radical (unpaired) electrons. The Labute approximate surface area is 189 Å². The highest BCUT2D eigenvalue weighted by molar-refractivity contribution is 7.86. The lowest BCUT2D eigenvalue weighted by Gasteiger charge is -2.25. The summed E-state index contributed by atoms with van der Waals surface area (Å²) in [6, 6.07) is 27.2. The first-order valence-electron chi connectivity index (χ1n) is 10.2. The number of carbonyl (C=O) groups excluding carboxylic acids is 1. The molecule has 168 valence electrons. The van der Waals surface area contributed by atoms with Crippen molar-refractivity contribution >= 4 is 16.1 Å². The summed E-state index contributed by atoms with van der Waals surface area (Å²) in [4.78, 5) is 12.1. The predicted octanol–water partition coefficient (Wildman–Crippen LogP) is 4.32. The van der Waals surface area contributed by atoms with Gasteiger partial charge in [0.2, 0.25) is 0 Å². The van der Waals surface area contributed by atoms with Gasteiger partial charge in [0.1, 0.15) is 0 Å². The van der Waals surface area contributed by atoms with E-state index in [4.69, 9.17) is 8.92 Å². The van der Waals surface area contributed by atoms with Gasteiger partial charge in [-0.1, -0.05) is 84.9 Å². The summed E-state index contributed by atoms with van der Waals surface area (Å²) in [5, 5.41) is 3.67. The van der Waals surface area contributed by atoms with Gasteiger partial charge < -0.3 is 4.74 Å². The van der Waals surface area contributed by atoms with E-state index in [1.807, 2.05) is 60.7 Å². The van der Waals surface area contributed by atoms with Gasteiger partial charge in [-0.2, -0.15) is 8.42 Å². The summed E-state index contributed by atoms with van der Waals surface area (Å²) in [5.74, 6) is -0.779. The zero-order chi connectivity index (χ0) is 23.1. The quantitative estimate of drug-likeness (QED) is 0.384. The molecule has 0 aromatic heterocycles. The normalized spacial score (nSPS) is 14.3. The van der Waals surface area contributed by atoms with Crippen molar-refractivity contribution in [1.29, 1.82) is 0 Å². The van der Waals surface area contributed by atoms with Crippen molar-refractivity contribution in [2.75, 3.05) is 13.4 Å². The van der Waals surface area contributed by atoms with Crippen LogP contribution >= 0.6 is 0 Å². The van der Waals surface area contributed by atoms with E-state index in [1.165, 1.54) is 7.11 Å². The molecule has 3 rings (SSSR count). The van der Waals surface area contributed by atoms with Crippen molar-refractivity contribution in [3.05, 3.63) is 107 Å². The average molecular weight is 454 g/mol. The number of nitrogens with one attached hydrogen (secondary N) is 1. The summed E-state index contributed by atoms with van der Waals surface area (Å²) in [7, 11) is -2.67. The lowest BCUT2D eigenvalue weighted by Crippen LogP contribution is -2.26. The molecule has 3 aromatic rings. The molecule has 6 nitrogen and oxygen atoms in total. The molecule has 0 aliphatic heterocycles. The molecular weight excluding hydrogens is 426 g/mol. The highest BCUT2D eigenvalue weighted by Crippen LogP contribution is 2.28. The van der Waals surface area contributed by atoms with Crippen LogP contribution in [-0.4, -0.2) is 27.8 Å². The van der Waals surface area contributed by atoms with Gasteiger partial charge in [-0.05, 0) is 29.2 Å². The molecule has 2 unspecified atom stereocenters. The molecule has 0 heterocycles. The van der Waals surface area contributed by atoms with Gasteiger partial charge in [0.25, 0.3) is 10.1 Å². The van der Waals surface area contributed by atoms with Crippen LogP contribution in [-0.2, 0) is 23.8 Å². The molecule has 0 aliphatic rings. The maximum Gasteiger partial charge on any atom is 0.341 e. The standard InChI is InChI=1S/C25H27NO5S/c1-18(19-10-6-4-7-11-19)26-23(20-12-8-5-9-13-20)21-14-16-22(17-15-21)24(25(27)30-2)31-32(3,28)29/h4-18,23-24,26H,1-3H3/t18-,23?,24?/m1/s1. The van der Waals surface area contributed by atoms with Crippen molar-refractivity contribution in [3.8, 4) is 0 Å². The summed E-state index contributed by atoms with van der Waals surface area (Å²) in [5.41, 5.74) is 3.61. The molecule has 3 atom stereocenters. The van der Waals surface area contributed by atoms with Gasteiger partial charge in [0, 0.05) is 6.04 Å². The van der Waals surface area contributed by atoms with E-state index < -0.39 is 22.2 Å². The molecule has 3 aromatic carbocycles. The number of ether oxygens (including phenoxy) is 1. The van der Waals surface area contributed by atoms with Crippen LogP contribution in [0.3, 0.4) is 0 Å². The molecule has 7 heteroatoms. The highest BCUT2D eigenvalue weighted by atomic mass is 32.2. The van der Waals surface area contributed by atoms with Crippen LogP contribution < -0.4 is 5.32 Å². The van der Waals surface area contributed by atoms with Crippen LogP contribution in [0, 0.1) is 0 Å². The van der Waals surface area contributed by atoms with E-state index in [9.17, 15) is 13.2 Å². The third-order valence-corrected chi connectivity index (χ3v) is 5.65. The van der Waals surface area contributed by atoms with Crippen molar-refractivity contribution in [1.82, 2.24) is 5.32 Å². The van der Waals surface area contributed by atoms with Crippen LogP contribution in [0.25, 0.3) is 0 Å². The lowest BCUT2D eigenvalue weighted by atomic mass is 9.95. The molecule has 0 aliphatic carbocycles. The van der Waals surface area contributed by atoms with Crippen LogP contribution in [0.5, 0.6) is 0 Å². The maximum absolute atomic E-state index is 12.1. The number of rotatable bonds is 9. The Morgan fingerprint density at radius 2 is 1.25 bits per heavy atom. The number of benzene rings is 3. The first-order valence-corrected chi connectivity index (χ1v) is 12.0. The number of hydrogen-bond donors (Lipinski definition) is 1. The second-order valence-corrected chi connectivity index (χ2v) is 9.11. The molecule has 0 fully saturated rings. The van der Waals surface area contributed by atoms with Crippen molar-refractivity contribution in [2.24, 2.45) is 0 Å². The summed E-state index contributed by atoms with van der Waals surface area (Å²) >= 11 is 0. The summed E-state index contributed by atoms with van der Waals surface area (Å²) < 4.78 is 32.9. The van der Waals surface area contributed by atoms with Gasteiger partial charge >= 0.3 is 5.97 Å². The molecule has 0 amide bonds. The van der Waals surface area contributed by atoms with Gasteiger partial charge in [0.15, 0.2) is 6.10 Å². The number of hydrogen-bond acceptors (Lipinski definition) is 6. The SMILES string of the molecule is COC(=O)C(OS(C)(=O)=O)c1ccc(C(N[C@H](C)c2ccccc2)c2ccccc2)cc1. The van der Waals surface area contributed by atoms with Gasteiger partial charge in [-0.15, -0.1) is 0 Å². The third kappa shape index (κ3) is 6.26. The first-order chi connectivity index (χ1) is 15.3. The Morgan fingerprint density at radius 3 is 1.75 bits per heavy atom. The fraction of sp³-hybridized carbons (Fsp3) is 0.240. The fourth-order valence-electron chi connectivity index (χ4n) is 3.49. The lowest BCUT2D eigenvalue weighted by molar-refractivity contribution is -0.149. The number of esters is 1. The van der Waals surface area contributed by atoms with Crippen LogP contribution in [0.15, 0.2) is 84.9 Å². The first kappa shape index (κ1) is 23.7. The van der Waals surface area contributed by atoms with Gasteiger partial charge in [-0.25, -0.2) is 4.79 Å². The minimum Gasteiger partial charge on any atom is -0.467 e. The van der Waals surface area contributed by atoms with Gasteiger partial charge in [-0.3, -0.25) is 9.50 Å². The van der Waals surface area contributed by atoms with E-state index in [-0.39, 0.29) is 12.1 Å². The third-order valence-electron chi connectivity index (χ3n) is 5.11. The minimum atomic E-state index is -3.86. The highest BCUT2D eigenvalue weighted by Gasteiger charge is 2.27. The van der Waals surface area contributed by atoms with Gasteiger partial charge in [0.05, 0.1) is 19.4 Å². The van der Waals surface area contributed by atoms with Crippen LogP contribution in [0.4, 0.5) is 0 Å². The van der Waals surface area contributed by atoms with E-state index in [0.29, 0.717) is 5.56 Å². The Bertz CT molecular complexity index is 1120. The average Bonchev–Trinajstić information content (AvgIpc) is 2.81. The second-order valence-electron chi connectivity index (χ2n) is 7.51. The topological polar surface area (TPSA) is 81.7 Å². The van der Waals surface area contributed by atoms with Crippen molar-refractivity contribution < 1.29 is 22.1 Å². The van der Waals surface area contributed by atoms with E-state index in [0.717, 1.165) is 22.9 Å². The summed E-state index contributed by atoms with van der Waals surface area (Å²) in [6.07, 6.45) is -0.451. The smallest absolute Gasteiger partial charge is 0.341 e. The summed E-state index contributed by atoms with van der Waals surface area (Å²) in [6.45, 7) is 2.10. The Balaban J connectivity index is 1.92. The zero-order valence-corrected chi connectivity index (χ0v) is 19.1. The maximum atomic E-state index is 12.1. The fourth-order valence-corrected chi connectivity index (χ4v) is 4.03. The molecule has 0 bridgehead atoms. The Kier molecular flexibility index (Phi) is 7.80. The molecule has 0 saturated heterocycles. The van der Waals surface area contributed by atoms with Crippen LogP contribution in [0.1, 0.15) is 47.4 Å². The van der Waals surface area contributed by atoms with E-state index in [2.05, 4.69) is 24.4 Å². The van der Waals surface area contributed by atoms with Crippen molar-refractivity contribution in [2.45, 2.75) is 25.1 Å². The molecule has 0 spiro atoms. The molecule has 1 N–H and O–H groups in total. The molecular formula is C25H27NO5S. The minimum absolute atomic E-state index is 0.0810. The zero-order valence-electron chi connectivity index (χ0n) is 18.3. The largest absolute Gasteiger partial charge is 0.467 e. The monoisotopic (exact) mass is 453 g/mol. The Morgan fingerprint density at radius 1 is 0.781 bits per heavy atom. The number of methoxy groups -OCH3 is 1.